The van der Waals surface area contributed by atoms with E-state index in [4.69, 9.17) is 15.9 Å². The average molecular weight is 297 g/mol. The maximum Gasteiger partial charge on any atom is 0.337 e. The van der Waals surface area contributed by atoms with Crippen molar-refractivity contribution in [3.8, 4) is 0 Å². The number of halogens is 1. The Morgan fingerprint density at radius 2 is 2.05 bits per heavy atom. The largest absolute Gasteiger partial charge is 0.478 e. The number of aliphatic hydroxyl groups is 1. The minimum atomic E-state index is -1.16. The zero-order valence-electron chi connectivity index (χ0n) is 11.8. The molecule has 2 rings (SSSR count). The van der Waals surface area contributed by atoms with E-state index in [-0.39, 0.29) is 23.5 Å². The maximum absolute atomic E-state index is 14.1. The zero-order valence-corrected chi connectivity index (χ0v) is 11.8. The molecule has 1 aliphatic heterocycles. The molecule has 1 aromatic rings. The van der Waals surface area contributed by atoms with Crippen molar-refractivity contribution in [3.63, 3.8) is 0 Å². The predicted octanol–water partition coefficient (Wildman–Crippen LogP) is 0.611. The van der Waals surface area contributed by atoms with E-state index >= 15 is 0 Å². The molecule has 1 aliphatic rings. The number of carbonyl (C=O) groups is 1. The highest BCUT2D eigenvalue weighted by molar-refractivity contribution is 5.95. The molecule has 0 aliphatic carbocycles. The van der Waals surface area contributed by atoms with E-state index in [1.807, 2.05) is 4.90 Å². The molecule has 6 nitrogen and oxygen atoms in total. The van der Waals surface area contributed by atoms with E-state index in [1.165, 1.54) is 6.07 Å². The second-order valence-electron chi connectivity index (χ2n) is 5.10. The predicted molar refractivity (Wildman–Crippen MR) is 78.1 cm³/mol. The van der Waals surface area contributed by atoms with E-state index in [2.05, 4.69) is 4.90 Å². The topological polar surface area (TPSA) is 90.0 Å². The molecule has 7 heteroatoms. The van der Waals surface area contributed by atoms with Gasteiger partial charge < -0.3 is 20.8 Å². The van der Waals surface area contributed by atoms with E-state index in [1.54, 1.807) is 0 Å². The number of benzene rings is 1. The molecule has 0 aromatic heterocycles. The summed E-state index contributed by atoms with van der Waals surface area (Å²) in [6.07, 6.45) is 0.826. The van der Waals surface area contributed by atoms with Crippen molar-refractivity contribution >= 4 is 17.3 Å². The van der Waals surface area contributed by atoms with Gasteiger partial charge in [0.15, 0.2) is 0 Å². The molecule has 1 saturated heterocycles. The van der Waals surface area contributed by atoms with Crippen LogP contribution in [0.25, 0.3) is 0 Å². The number of hydrogen-bond donors (Lipinski definition) is 3. The minimum absolute atomic E-state index is 0.0690. The van der Waals surface area contributed by atoms with Crippen LogP contribution in [0.15, 0.2) is 12.1 Å². The quantitative estimate of drug-likeness (QED) is 0.706. The first kappa shape index (κ1) is 15.5. The van der Waals surface area contributed by atoms with Crippen molar-refractivity contribution in [2.24, 2.45) is 0 Å². The average Bonchev–Trinajstić information content (AvgIpc) is 2.64. The Balaban J connectivity index is 2.21. The Hall–Kier alpha value is -1.86. The molecular weight excluding hydrogens is 277 g/mol. The van der Waals surface area contributed by atoms with Crippen molar-refractivity contribution < 1.29 is 19.4 Å². The smallest absolute Gasteiger partial charge is 0.337 e. The third-order valence-corrected chi connectivity index (χ3v) is 3.69. The fourth-order valence-corrected chi connectivity index (χ4v) is 2.58. The molecule has 21 heavy (non-hydrogen) atoms. The van der Waals surface area contributed by atoms with Gasteiger partial charge >= 0.3 is 5.97 Å². The molecule has 1 heterocycles. The van der Waals surface area contributed by atoms with E-state index in [9.17, 15) is 9.18 Å². The Morgan fingerprint density at radius 1 is 1.29 bits per heavy atom. The Labute approximate surface area is 122 Å². The molecule has 4 N–H and O–H groups in total. The van der Waals surface area contributed by atoms with Crippen molar-refractivity contribution in [2.75, 3.05) is 50.0 Å². The number of hydrogen-bond acceptors (Lipinski definition) is 5. The third-order valence-electron chi connectivity index (χ3n) is 3.69. The third kappa shape index (κ3) is 3.62. The number of rotatable bonds is 4. The van der Waals surface area contributed by atoms with Crippen LogP contribution in [-0.2, 0) is 0 Å². The first-order chi connectivity index (χ1) is 10.0. The molecule has 116 valence electrons. The van der Waals surface area contributed by atoms with Gasteiger partial charge in [-0.3, -0.25) is 4.90 Å². The number of nitrogens with zero attached hydrogens (tertiary/aromatic N) is 2. The van der Waals surface area contributed by atoms with Crippen LogP contribution in [0.3, 0.4) is 0 Å². The lowest BCUT2D eigenvalue weighted by Gasteiger charge is -2.24. The van der Waals surface area contributed by atoms with Crippen molar-refractivity contribution in [1.82, 2.24) is 4.90 Å². The summed E-state index contributed by atoms with van der Waals surface area (Å²) in [4.78, 5) is 15.1. The Bertz CT molecular complexity index is 524. The second kappa shape index (κ2) is 6.73. The van der Waals surface area contributed by atoms with E-state index in [0.29, 0.717) is 26.2 Å². The van der Waals surface area contributed by atoms with Gasteiger partial charge in [-0.2, -0.15) is 0 Å². The normalized spacial score (nSPS) is 16.8. The van der Waals surface area contributed by atoms with Crippen LogP contribution in [-0.4, -0.2) is 60.4 Å². The van der Waals surface area contributed by atoms with Gasteiger partial charge in [0.25, 0.3) is 0 Å². The molecule has 0 spiro atoms. The number of nitrogen functional groups attached to an aromatic ring is 1. The van der Waals surface area contributed by atoms with Gasteiger partial charge in [0, 0.05) is 31.9 Å². The van der Waals surface area contributed by atoms with Gasteiger partial charge in [0.1, 0.15) is 5.82 Å². The van der Waals surface area contributed by atoms with Gasteiger partial charge in [-0.05, 0) is 25.1 Å². The first-order valence-electron chi connectivity index (χ1n) is 6.93. The number of anilines is 2. The van der Waals surface area contributed by atoms with Crippen LogP contribution in [0.1, 0.15) is 16.8 Å². The molecule has 0 bridgehead atoms. The number of aliphatic hydroxyl groups excluding tert-OH is 1. The summed E-state index contributed by atoms with van der Waals surface area (Å²) in [6.45, 7) is 3.45. The summed E-state index contributed by atoms with van der Waals surface area (Å²) in [5, 5.41) is 18.1. The van der Waals surface area contributed by atoms with Gasteiger partial charge in [0.05, 0.1) is 17.9 Å². The summed E-state index contributed by atoms with van der Waals surface area (Å²) < 4.78 is 14.1. The van der Waals surface area contributed by atoms with Crippen molar-refractivity contribution in [1.29, 1.82) is 0 Å². The monoisotopic (exact) mass is 297 g/mol. The molecule has 1 aromatic carbocycles. The number of aromatic carboxylic acids is 1. The lowest BCUT2D eigenvalue weighted by Crippen LogP contribution is -2.32. The number of carboxylic acids is 1. The van der Waals surface area contributed by atoms with E-state index < -0.39 is 11.8 Å². The van der Waals surface area contributed by atoms with Crippen molar-refractivity contribution in [2.45, 2.75) is 6.42 Å². The van der Waals surface area contributed by atoms with Crippen LogP contribution in [0, 0.1) is 5.82 Å². The second-order valence-corrected chi connectivity index (χ2v) is 5.10. The number of nitrogens with two attached hydrogens (primary N) is 1. The highest BCUT2D eigenvalue weighted by Gasteiger charge is 2.20. The molecular formula is C14H20FN3O3. The lowest BCUT2D eigenvalue weighted by atomic mass is 10.1. The van der Waals surface area contributed by atoms with Gasteiger partial charge in [-0.1, -0.05) is 0 Å². The molecule has 0 radical (unpaired) electrons. The van der Waals surface area contributed by atoms with Gasteiger partial charge in [-0.15, -0.1) is 0 Å². The zero-order chi connectivity index (χ0) is 15.4. The fraction of sp³-hybridized carbons (Fsp3) is 0.500. The molecule has 0 unspecified atom stereocenters. The van der Waals surface area contributed by atoms with Crippen LogP contribution in [0.5, 0.6) is 0 Å². The summed E-state index contributed by atoms with van der Waals surface area (Å²) in [5.74, 6) is -1.67. The summed E-state index contributed by atoms with van der Waals surface area (Å²) >= 11 is 0. The Morgan fingerprint density at radius 3 is 2.71 bits per heavy atom. The maximum atomic E-state index is 14.1. The SMILES string of the molecule is Nc1cc(F)c(N2CCCN(CCO)CC2)cc1C(=O)O. The molecule has 1 fully saturated rings. The first-order valence-corrected chi connectivity index (χ1v) is 6.93. The Kier molecular flexibility index (Phi) is 4.98. The van der Waals surface area contributed by atoms with E-state index in [0.717, 1.165) is 19.0 Å². The fourth-order valence-electron chi connectivity index (χ4n) is 2.58. The number of β-amino-alcohol motifs (C(OH)–C–C–N with tert-alkyl or cyclic N) is 1. The van der Waals surface area contributed by atoms with Crippen LogP contribution in [0.4, 0.5) is 15.8 Å². The van der Waals surface area contributed by atoms with Gasteiger partial charge in [-0.25, -0.2) is 9.18 Å². The van der Waals surface area contributed by atoms with Gasteiger partial charge in [0.2, 0.25) is 0 Å². The van der Waals surface area contributed by atoms with Crippen LogP contribution in [0.2, 0.25) is 0 Å². The lowest BCUT2D eigenvalue weighted by molar-refractivity contribution is 0.0698. The molecule has 0 amide bonds. The summed E-state index contributed by atoms with van der Waals surface area (Å²) in [7, 11) is 0. The molecule has 0 saturated carbocycles. The minimum Gasteiger partial charge on any atom is -0.478 e. The standard InChI is InChI=1S/C14H20FN3O3/c15-11-9-12(16)10(14(20)21)8-13(11)18-3-1-2-17(4-5-18)6-7-19/h8-9,19H,1-7,16H2,(H,20,21). The summed E-state index contributed by atoms with van der Waals surface area (Å²) in [6, 6.07) is 2.36. The molecule has 0 atom stereocenters. The summed E-state index contributed by atoms with van der Waals surface area (Å²) in [5.41, 5.74) is 5.66. The van der Waals surface area contributed by atoms with Crippen LogP contribution >= 0.6 is 0 Å². The highest BCUT2D eigenvalue weighted by atomic mass is 19.1. The van der Waals surface area contributed by atoms with Crippen molar-refractivity contribution in [3.05, 3.63) is 23.5 Å². The number of carboxylic acid groups (broad SMARTS) is 1. The van der Waals surface area contributed by atoms with Crippen LogP contribution < -0.4 is 10.6 Å². The highest BCUT2D eigenvalue weighted by Crippen LogP contribution is 2.26.